The molecule has 1 aliphatic carbocycles. The highest BCUT2D eigenvalue weighted by Gasteiger charge is 2.28. The van der Waals surface area contributed by atoms with E-state index in [-0.39, 0.29) is 22.5 Å². The summed E-state index contributed by atoms with van der Waals surface area (Å²) in [5, 5.41) is 4.53. The lowest BCUT2D eigenvalue weighted by Crippen LogP contribution is -2.46. The van der Waals surface area contributed by atoms with Gasteiger partial charge in [-0.1, -0.05) is 6.07 Å². The Morgan fingerprint density at radius 3 is 2.41 bits per heavy atom. The number of nitrogens with one attached hydrogen (secondary N) is 3. The summed E-state index contributed by atoms with van der Waals surface area (Å²) in [5.74, 6) is -1.66. The zero-order valence-electron chi connectivity index (χ0n) is 15.3. The van der Waals surface area contributed by atoms with Gasteiger partial charge in [-0.25, -0.2) is 22.7 Å². The molecule has 1 aromatic carbocycles. The van der Waals surface area contributed by atoms with Crippen LogP contribution in [-0.4, -0.2) is 44.5 Å². The number of imide groups is 1. The third-order valence-corrected chi connectivity index (χ3v) is 5.11. The van der Waals surface area contributed by atoms with E-state index in [2.05, 4.69) is 15.4 Å². The second kappa shape index (κ2) is 8.49. The fourth-order valence-electron chi connectivity index (χ4n) is 2.07. The average Bonchev–Trinajstić information content (AvgIpc) is 3.37. The minimum Gasteiger partial charge on any atom is -0.449 e. The molecule has 3 amide bonds. The van der Waals surface area contributed by atoms with Crippen LogP contribution >= 0.6 is 0 Å². The van der Waals surface area contributed by atoms with Crippen LogP contribution in [0.25, 0.3) is 0 Å². The van der Waals surface area contributed by atoms with Crippen molar-refractivity contribution in [3.63, 3.8) is 0 Å². The molecule has 3 N–H and O–H groups in total. The monoisotopic (exact) mass is 397 g/mol. The molecule has 1 saturated carbocycles. The number of carbonyl (C=O) groups excluding carboxylic acids is 3. The van der Waals surface area contributed by atoms with Crippen molar-refractivity contribution in [3.05, 3.63) is 29.8 Å². The molecule has 1 unspecified atom stereocenters. The summed E-state index contributed by atoms with van der Waals surface area (Å²) in [7, 11) is -3.72. The highest BCUT2D eigenvalue weighted by molar-refractivity contribution is 7.89. The Labute approximate surface area is 157 Å². The molecule has 1 fully saturated rings. The van der Waals surface area contributed by atoms with Crippen LogP contribution in [-0.2, 0) is 19.6 Å². The van der Waals surface area contributed by atoms with Crippen LogP contribution in [0.4, 0.5) is 4.79 Å². The molecule has 9 nitrogen and oxygen atoms in total. The normalized spacial score (nSPS) is 15.1. The fraction of sp³-hybridized carbons (Fsp3) is 0.471. The highest BCUT2D eigenvalue weighted by Crippen LogP contribution is 2.22. The van der Waals surface area contributed by atoms with E-state index >= 15 is 0 Å². The zero-order chi connectivity index (χ0) is 20.2. The largest absolute Gasteiger partial charge is 0.449 e. The molecule has 10 heteroatoms. The van der Waals surface area contributed by atoms with Gasteiger partial charge in [-0.15, -0.1) is 0 Å². The number of benzene rings is 1. The van der Waals surface area contributed by atoms with Crippen LogP contribution in [0.5, 0.6) is 0 Å². The van der Waals surface area contributed by atoms with Crippen LogP contribution < -0.4 is 15.4 Å². The molecule has 1 aromatic rings. The second-order valence-electron chi connectivity index (χ2n) is 6.59. The first-order valence-corrected chi connectivity index (χ1v) is 10.0. The zero-order valence-corrected chi connectivity index (χ0v) is 16.1. The van der Waals surface area contributed by atoms with E-state index in [1.54, 1.807) is 13.8 Å². The first-order chi connectivity index (χ1) is 12.6. The van der Waals surface area contributed by atoms with E-state index < -0.39 is 34.0 Å². The van der Waals surface area contributed by atoms with Crippen LogP contribution in [0, 0.1) is 0 Å². The molecule has 2 rings (SSSR count). The number of ether oxygens (including phenoxy) is 1. The lowest BCUT2D eigenvalue weighted by Gasteiger charge is -2.14. The summed E-state index contributed by atoms with van der Waals surface area (Å²) in [6.45, 7) is 4.77. The molecule has 27 heavy (non-hydrogen) atoms. The summed E-state index contributed by atoms with van der Waals surface area (Å²) >= 11 is 0. The van der Waals surface area contributed by atoms with Crippen molar-refractivity contribution in [3.8, 4) is 0 Å². The summed E-state index contributed by atoms with van der Waals surface area (Å²) in [4.78, 5) is 35.6. The van der Waals surface area contributed by atoms with Gasteiger partial charge in [-0.05, 0) is 51.8 Å². The van der Waals surface area contributed by atoms with Gasteiger partial charge in [0.2, 0.25) is 10.0 Å². The average molecular weight is 397 g/mol. The van der Waals surface area contributed by atoms with Gasteiger partial charge in [0.15, 0.2) is 6.10 Å². The maximum Gasteiger partial charge on any atom is 0.338 e. The van der Waals surface area contributed by atoms with E-state index in [1.807, 2.05) is 0 Å². The summed E-state index contributed by atoms with van der Waals surface area (Å²) in [5.41, 5.74) is -0.0139. The van der Waals surface area contributed by atoms with Crippen LogP contribution in [0.2, 0.25) is 0 Å². The Morgan fingerprint density at radius 1 is 1.15 bits per heavy atom. The molecule has 0 radical (unpaired) electrons. The highest BCUT2D eigenvalue weighted by atomic mass is 32.2. The molecule has 0 heterocycles. The van der Waals surface area contributed by atoms with Crippen LogP contribution in [0.1, 0.15) is 44.0 Å². The number of hydrogen-bond acceptors (Lipinski definition) is 6. The Kier molecular flexibility index (Phi) is 6.55. The first kappa shape index (κ1) is 20.8. The van der Waals surface area contributed by atoms with E-state index in [0.29, 0.717) is 0 Å². The topological polar surface area (TPSA) is 131 Å². The smallest absolute Gasteiger partial charge is 0.338 e. The summed E-state index contributed by atoms with van der Waals surface area (Å²) in [6, 6.07) is 4.43. The van der Waals surface area contributed by atoms with Crippen molar-refractivity contribution < 1.29 is 27.5 Å². The van der Waals surface area contributed by atoms with Crippen molar-refractivity contribution in [2.24, 2.45) is 0 Å². The van der Waals surface area contributed by atoms with Crippen molar-refractivity contribution in [2.75, 3.05) is 0 Å². The molecular formula is C17H23N3O6S. The van der Waals surface area contributed by atoms with E-state index in [9.17, 15) is 22.8 Å². The minimum absolute atomic E-state index is 0.0139. The van der Waals surface area contributed by atoms with Gasteiger partial charge in [-0.3, -0.25) is 10.1 Å². The SMILES string of the molecule is CC(C)NC(=O)NC(=O)C(C)OC(=O)c1cccc(S(=O)(=O)NC2CC2)c1. The van der Waals surface area contributed by atoms with Crippen molar-refractivity contribution in [1.82, 2.24) is 15.4 Å². The number of esters is 1. The Bertz CT molecular complexity index is 833. The van der Waals surface area contributed by atoms with E-state index in [0.717, 1.165) is 12.8 Å². The van der Waals surface area contributed by atoms with Crippen LogP contribution in [0.15, 0.2) is 29.2 Å². The van der Waals surface area contributed by atoms with Crippen LogP contribution in [0.3, 0.4) is 0 Å². The predicted octanol–water partition coefficient (Wildman–Crippen LogP) is 0.907. The molecule has 0 saturated heterocycles. The molecule has 0 aliphatic heterocycles. The molecule has 148 valence electrons. The first-order valence-electron chi connectivity index (χ1n) is 8.53. The number of urea groups is 1. The maximum atomic E-state index is 12.2. The number of hydrogen-bond donors (Lipinski definition) is 3. The number of amides is 3. The number of carbonyl (C=O) groups is 3. The molecule has 1 atom stereocenters. The third-order valence-electron chi connectivity index (χ3n) is 3.59. The Hall–Kier alpha value is -2.46. The van der Waals surface area contributed by atoms with Gasteiger partial charge in [-0.2, -0.15) is 0 Å². The van der Waals surface area contributed by atoms with Gasteiger partial charge in [0.05, 0.1) is 10.5 Å². The molecule has 0 spiro atoms. The predicted molar refractivity (Wildman–Crippen MR) is 96.5 cm³/mol. The number of rotatable bonds is 7. The van der Waals surface area contributed by atoms with Crippen molar-refractivity contribution in [2.45, 2.75) is 56.7 Å². The number of sulfonamides is 1. The quantitative estimate of drug-likeness (QED) is 0.586. The lowest BCUT2D eigenvalue weighted by molar-refractivity contribution is -0.127. The van der Waals surface area contributed by atoms with Crippen molar-refractivity contribution >= 4 is 27.9 Å². The van der Waals surface area contributed by atoms with Crippen molar-refractivity contribution in [1.29, 1.82) is 0 Å². The van der Waals surface area contributed by atoms with E-state index in [1.165, 1.54) is 31.2 Å². The lowest BCUT2D eigenvalue weighted by atomic mass is 10.2. The second-order valence-corrected chi connectivity index (χ2v) is 8.30. The van der Waals surface area contributed by atoms with Gasteiger partial charge >= 0.3 is 12.0 Å². The standard InChI is InChI=1S/C17H23N3O6S/c1-10(2)18-17(23)19-15(21)11(3)26-16(22)12-5-4-6-14(9-12)27(24,25)20-13-7-8-13/h4-6,9-11,13,20H,7-8H2,1-3H3,(H2,18,19,21,23). The summed E-state index contributed by atoms with van der Waals surface area (Å²) < 4.78 is 32.0. The van der Waals surface area contributed by atoms with Gasteiger partial charge in [0.1, 0.15) is 0 Å². The molecule has 0 aromatic heterocycles. The van der Waals surface area contributed by atoms with E-state index in [4.69, 9.17) is 4.74 Å². The van der Waals surface area contributed by atoms with Gasteiger partial charge < -0.3 is 10.1 Å². The third kappa shape index (κ3) is 6.33. The molecule has 0 bridgehead atoms. The minimum atomic E-state index is -3.72. The molecule has 1 aliphatic rings. The maximum absolute atomic E-state index is 12.2. The molecular weight excluding hydrogens is 374 g/mol. The van der Waals surface area contributed by atoms with Gasteiger partial charge in [0, 0.05) is 12.1 Å². The fourth-order valence-corrected chi connectivity index (χ4v) is 3.42. The Balaban J connectivity index is 1.99. The summed E-state index contributed by atoms with van der Waals surface area (Å²) in [6.07, 6.45) is 0.343. The Morgan fingerprint density at radius 2 is 1.81 bits per heavy atom. The van der Waals surface area contributed by atoms with Gasteiger partial charge in [0.25, 0.3) is 5.91 Å².